The van der Waals surface area contributed by atoms with Gasteiger partial charge >= 0.3 is 0 Å². The fourth-order valence-electron chi connectivity index (χ4n) is 4.50. The molecule has 0 saturated carbocycles. The predicted molar refractivity (Wildman–Crippen MR) is 123 cm³/mol. The molecular formula is C21H25Br2ClN2O3. The van der Waals surface area contributed by atoms with Gasteiger partial charge in [-0.3, -0.25) is 9.69 Å². The van der Waals surface area contributed by atoms with E-state index < -0.39 is 6.10 Å². The molecule has 3 heterocycles. The third-order valence-corrected chi connectivity index (χ3v) is 6.77. The third kappa shape index (κ3) is 5.07. The fourth-order valence-corrected chi connectivity index (χ4v) is 6.14. The van der Waals surface area contributed by atoms with Crippen molar-refractivity contribution < 1.29 is 9.84 Å². The molecule has 5 nitrogen and oxygen atoms in total. The molecule has 1 aromatic heterocycles. The van der Waals surface area contributed by atoms with Gasteiger partial charge in [0.2, 0.25) is 0 Å². The van der Waals surface area contributed by atoms with Gasteiger partial charge in [-0.2, -0.15) is 0 Å². The van der Waals surface area contributed by atoms with Gasteiger partial charge in [0, 0.05) is 43.9 Å². The van der Waals surface area contributed by atoms with Crippen molar-refractivity contribution >= 4 is 44.3 Å². The van der Waals surface area contributed by atoms with Crippen molar-refractivity contribution in [2.24, 2.45) is 5.92 Å². The lowest BCUT2D eigenvalue weighted by Gasteiger charge is -2.43. The fraction of sp³-hybridized carbons (Fsp3) is 0.476. The Bertz CT molecular complexity index is 913. The van der Waals surface area contributed by atoms with Crippen LogP contribution in [0, 0.1) is 12.8 Å². The van der Waals surface area contributed by atoms with E-state index in [1.54, 1.807) is 6.07 Å². The number of aliphatic hydroxyl groups excluding tert-OH is 1. The summed E-state index contributed by atoms with van der Waals surface area (Å²) in [5.74, 6) is 1.53. The summed E-state index contributed by atoms with van der Waals surface area (Å²) in [5, 5.41) is 10.5. The summed E-state index contributed by atoms with van der Waals surface area (Å²) in [4.78, 5) is 14.4. The smallest absolute Gasteiger partial charge is 0.250 e. The maximum Gasteiger partial charge on any atom is 0.250 e. The highest BCUT2D eigenvalue weighted by Crippen LogP contribution is 2.36. The van der Waals surface area contributed by atoms with Crippen LogP contribution in [0.25, 0.3) is 0 Å². The Morgan fingerprint density at radius 1 is 1.21 bits per heavy atom. The van der Waals surface area contributed by atoms with Crippen molar-refractivity contribution in [3.8, 4) is 5.75 Å². The number of fused-ring (bicyclic) bond motifs is 4. The van der Waals surface area contributed by atoms with Crippen LogP contribution in [0.2, 0.25) is 0 Å². The quantitative estimate of drug-likeness (QED) is 0.615. The Balaban J connectivity index is 0.00000240. The van der Waals surface area contributed by atoms with Crippen LogP contribution in [0.3, 0.4) is 0 Å². The molecule has 8 heteroatoms. The molecular weight excluding hydrogens is 524 g/mol. The number of aromatic nitrogens is 1. The van der Waals surface area contributed by atoms with Crippen molar-refractivity contribution in [2.75, 3.05) is 26.2 Å². The molecule has 0 aliphatic carbocycles. The van der Waals surface area contributed by atoms with Crippen molar-refractivity contribution in [1.82, 2.24) is 9.47 Å². The zero-order valence-electron chi connectivity index (χ0n) is 16.2. The van der Waals surface area contributed by atoms with Crippen LogP contribution >= 0.6 is 44.3 Å². The van der Waals surface area contributed by atoms with Gasteiger partial charge in [-0.15, -0.1) is 12.4 Å². The maximum atomic E-state index is 12.1. The normalized spacial score (nSPS) is 21.8. The molecule has 0 amide bonds. The number of ether oxygens (including phenoxy) is 1. The highest BCUT2D eigenvalue weighted by Gasteiger charge is 2.34. The molecule has 2 bridgehead atoms. The van der Waals surface area contributed by atoms with Crippen molar-refractivity contribution in [3.63, 3.8) is 0 Å². The van der Waals surface area contributed by atoms with E-state index in [0.717, 1.165) is 46.3 Å². The molecule has 2 aliphatic rings. The molecule has 1 unspecified atom stereocenters. The highest BCUT2D eigenvalue weighted by atomic mass is 79.9. The van der Waals surface area contributed by atoms with Crippen LogP contribution in [-0.2, 0) is 6.54 Å². The van der Waals surface area contributed by atoms with E-state index >= 15 is 0 Å². The molecule has 2 aliphatic heterocycles. The van der Waals surface area contributed by atoms with Gasteiger partial charge < -0.3 is 14.4 Å². The molecule has 2 aromatic rings. The number of halogens is 3. The van der Waals surface area contributed by atoms with Gasteiger partial charge in [0.25, 0.3) is 5.56 Å². The van der Waals surface area contributed by atoms with E-state index in [9.17, 15) is 9.90 Å². The minimum absolute atomic E-state index is 0. The number of likely N-dealkylation sites (tertiary alicyclic amines) is 1. The maximum absolute atomic E-state index is 12.1. The minimum Gasteiger partial charge on any atom is -0.488 e. The molecule has 0 spiro atoms. The second kappa shape index (κ2) is 9.52. The van der Waals surface area contributed by atoms with Crippen molar-refractivity contribution in [2.45, 2.75) is 31.9 Å². The molecule has 1 fully saturated rings. The first-order chi connectivity index (χ1) is 13.4. The van der Waals surface area contributed by atoms with Crippen molar-refractivity contribution in [1.29, 1.82) is 0 Å². The van der Waals surface area contributed by atoms with Crippen molar-refractivity contribution in [3.05, 3.63) is 60.9 Å². The molecule has 158 valence electrons. The lowest BCUT2D eigenvalue weighted by atomic mass is 9.83. The third-order valence-electron chi connectivity index (χ3n) is 5.59. The molecule has 4 rings (SSSR count). The van der Waals surface area contributed by atoms with Crippen LogP contribution < -0.4 is 10.3 Å². The first kappa shape index (κ1) is 22.8. The number of piperidine rings is 1. The zero-order chi connectivity index (χ0) is 19.8. The van der Waals surface area contributed by atoms with Gasteiger partial charge in [-0.1, -0.05) is 6.07 Å². The van der Waals surface area contributed by atoms with E-state index in [0.29, 0.717) is 24.1 Å². The average molecular weight is 549 g/mol. The minimum atomic E-state index is -0.572. The Hall–Kier alpha value is -0.860. The molecule has 1 saturated heterocycles. The molecule has 29 heavy (non-hydrogen) atoms. The molecule has 1 aromatic carbocycles. The number of pyridine rings is 1. The second-order valence-corrected chi connectivity index (χ2v) is 9.65. The van der Waals surface area contributed by atoms with Crippen LogP contribution in [-0.4, -0.2) is 46.9 Å². The lowest BCUT2D eigenvalue weighted by Crippen LogP contribution is -2.49. The summed E-state index contributed by atoms with van der Waals surface area (Å²) in [7, 11) is 0. The topological polar surface area (TPSA) is 54.7 Å². The Morgan fingerprint density at radius 2 is 1.93 bits per heavy atom. The van der Waals surface area contributed by atoms with E-state index in [4.69, 9.17) is 4.74 Å². The molecule has 0 radical (unpaired) electrons. The number of β-amino-alcohol motifs (C(OH)–C–C–N with tert-alkyl or cyclic N) is 1. The number of rotatable bonds is 5. The number of hydrogen-bond acceptors (Lipinski definition) is 4. The summed E-state index contributed by atoms with van der Waals surface area (Å²) in [6.45, 7) is 5.39. The van der Waals surface area contributed by atoms with Gasteiger partial charge in [-0.05, 0) is 74.9 Å². The van der Waals surface area contributed by atoms with E-state index in [1.165, 1.54) is 0 Å². The van der Waals surface area contributed by atoms with Crippen LogP contribution in [0.1, 0.15) is 23.6 Å². The van der Waals surface area contributed by atoms with E-state index in [-0.39, 0.29) is 24.6 Å². The summed E-state index contributed by atoms with van der Waals surface area (Å²) in [5.41, 5.74) is 2.36. The van der Waals surface area contributed by atoms with Crippen LogP contribution in [0.5, 0.6) is 5.75 Å². The van der Waals surface area contributed by atoms with Gasteiger partial charge in [0.1, 0.15) is 18.5 Å². The van der Waals surface area contributed by atoms with Crippen LogP contribution in [0.15, 0.2) is 44.1 Å². The number of benzene rings is 1. The summed E-state index contributed by atoms with van der Waals surface area (Å²) in [6.07, 6.45) is 0.549. The van der Waals surface area contributed by atoms with Crippen LogP contribution in [0.4, 0.5) is 0 Å². The average Bonchev–Trinajstić information content (AvgIpc) is 2.61. The summed E-state index contributed by atoms with van der Waals surface area (Å²) < 4.78 is 9.56. The first-order valence-corrected chi connectivity index (χ1v) is 11.2. The monoisotopic (exact) mass is 546 g/mol. The second-order valence-electron chi connectivity index (χ2n) is 7.94. The zero-order valence-corrected chi connectivity index (χ0v) is 20.2. The first-order valence-electron chi connectivity index (χ1n) is 9.59. The summed E-state index contributed by atoms with van der Waals surface area (Å²) in [6, 6.07) is 9.56. The number of aliphatic hydroxyl groups is 1. The predicted octanol–water partition coefficient (Wildman–Crippen LogP) is 3.96. The van der Waals surface area contributed by atoms with E-state index in [1.807, 2.05) is 29.7 Å². The van der Waals surface area contributed by atoms with E-state index in [2.05, 4.69) is 42.8 Å². The Morgan fingerprint density at radius 3 is 2.66 bits per heavy atom. The van der Waals surface area contributed by atoms with Gasteiger partial charge in [0.05, 0.1) is 8.95 Å². The van der Waals surface area contributed by atoms with Gasteiger partial charge in [0.15, 0.2) is 0 Å². The summed E-state index contributed by atoms with van der Waals surface area (Å²) >= 11 is 7.05. The SMILES string of the molecule is Cc1cc(Br)c(OCC(O)CN2C[C@H]3C[C@H](C2)c2cccc(=O)n2C3)c(Br)c1.Cl. The van der Waals surface area contributed by atoms with Gasteiger partial charge in [-0.25, -0.2) is 0 Å². The highest BCUT2D eigenvalue weighted by molar-refractivity contribution is 9.11. The number of hydrogen-bond donors (Lipinski definition) is 1. The standard InChI is InChI=1S/C21H24Br2N2O3.ClH/c1-13-5-17(22)21(18(23)6-13)28-12-16(26)11-24-8-14-7-15(10-24)19-3-2-4-20(27)25(19)9-14;/h2-6,14-16,26H,7-12H2,1H3;1H/t14-,15-,16?;/m1./s1. The molecule has 1 N–H and O–H groups in total. The largest absolute Gasteiger partial charge is 0.488 e. The molecule has 3 atom stereocenters. The number of nitrogens with zero attached hydrogens (tertiary/aromatic N) is 2. The number of aryl methyl sites for hydroxylation is 1. The Kier molecular flexibility index (Phi) is 7.49. The lowest BCUT2D eigenvalue weighted by molar-refractivity contribution is 0.0381. The Labute approximate surface area is 193 Å².